The minimum atomic E-state index is -4.43. The Morgan fingerprint density at radius 3 is 2.53 bits per heavy atom. The predicted octanol–water partition coefficient (Wildman–Crippen LogP) is 4.60. The molecule has 0 amide bonds. The lowest BCUT2D eigenvalue weighted by atomic mass is 10.1. The van der Waals surface area contributed by atoms with Gasteiger partial charge in [-0.25, -0.2) is 0 Å². The van der Waals surface area contributed by atoms with E-state index in [9.17, 15) is 13.2 Å². The summed E-state index contributed by atoms with van der Waals surface area (Å²) in [5.74, 6) is 0. The fraction of sp³-hybridized carbons (Fsp3) is 0.111. The van der Waals surface area contributed by atoms with E-state index in [1.807, 2.05) is 0 Å². The number of nitrogens with one attached hydrogen (secondary N) is 1. The molecule has 1 aromatic heterocycles. The highest BCUT2D eigenvalue weighted by Crippen LogP contribution is 2.38. The standard InChI is InChI=1S/C9H4BrClF3N/c10-6-3-15-8-2-5(9(12,13)14)7(11)1-4(6)8/h1-3,15H. The van der Waals surface area contributed by atoms with Gasteiger partial charge < -0.3 is 4.98 Å². The van der Waals surface area contributed by atoms with E-state index < -0.39 is 11.7 Å². The van der Waals surface area contributed by atoms with E-state index in [1.165, 1.54) is 6.07 Å². The second-order valence-corrected chi connectivity index (χ2v) is 4.27. The van der Waals surface area contributed by atoms with Gasteiger partial charge in [0.1, 0.15) is 0 Å². The monoisotopic (exact) mass is 297 g/mol. The van der Waals surface area contributed by atoms with Crippen molar-refractivity contribution in [2.45, 2.75) is 6.18 Å². The van der Waals surface area contributed by atoms with Crippen molar-refractivity contribution in [3.63, 3.8) is 0 Å². The second kappa shape index (κ2) is 3.42. The summed E-state index contributed by atoms with van der Waals surface area (Å²) in [4.78, 5) is 2.72. The molecule has 1 nitrogen and oxygen atoms in total. The minimum Gasteiger partial charge on any atom is -0.360 e. The van der Waals surface area contributed by atoms with E-state index in [-0.39, 0.29) is 5.02 Å². The Morgan fingerprint density at radius 2 is 1.93 bits per heavy atom. The molecule has 0 atom stereocenters. The van der Waals surface area contributed by atoms with Crippen LogP contribution in [0.15, 0.2) is 22.8 Å². The summed E-state index contributed by atoms with van der Waals surface area (Å²) in [6.07, 6.45) is -2.86. The summed E-state index contributed by atoms with van der Waals surface area (Å²) in [5.41, 5.74) is -0.426. The van der Waals surface area contributed by atoms with Crippen molar-refractivity contribution in [3.05, 3.63) is 33.4 Å². The SMILES string of the molecule is FC(F)(F)c1cc2[nH]cc(Br)c2cc1Cl. The summed E-state index contributed by atoms with van der Waals surface area (Å²) in [5, 5.41) is 0.336. The van der Waals surface area contributed by atoms with Crippen LogP contribution in [0.4, 0.5) is 13.2 Å². The van der Waals surface area contributed by atoms with Crippen LogP contribution in [0.5, 0.6) is 0 Å². The topological polar surface area (TPSA) is 15.8 Å². The first kappa shape index (κ1) is 10.8. The van der Waals surface area contributed by atoms with Gasteiger partial charge in [0.2, 0.25) is 0 Å². The molecule has 1 N–H and O–H groups in total. The Morgan fingerprint density at radius 1 is 1.27 bits per heavy atom. The van der Waals surface area contributed by atoms with Crippen molar-refractivity contribution in [3.8, 4) is 0 Å². The van der Waals surface area contributed by atoms with Crippen LogP contribution in [-0.2, 0) is 6.18 Å². The maximum absolute atomic E-state index is 12.5. The highest BCUT2D eigenvalue weighted by Gasteiger charge is 2.33. The van der Waals surface area contributed by atoms with Crippen molar-refractivity contribution in [1.82, 2.24) is 4.98 Å². The van der Waals surface area contributed by atoms with Crippen LogP contribution < -0.4 is 0 Å². The summed E-state index contributed by atoms with van der Waals surface area (Å²) < 4.78 is 38.1. The van der Waals surface area contributed by atoms with Crippen LogP contribution in [0.1, 0.15) is 5.56 Å². The Balaban J connectivity index is 2.74. The van der Waals surface area contributed by atoms with Crippen molar-refractivity contribution >= 4 is 38.4 Å². The Kier molecular flexibility index (Phi) is 2.47. The first-order valence-corrected chi connectivity index (χ1v) is 5.10. The molecule has 0 spiro atoms. The average Bonchev–Trinajstić information content (AvgIpc) is 2.45. The molecule has 1 heterocycles. The minimum absolute atomic E-state index is 0.296. The number of aromatic amines is 1. The lowest BCUT2D eigenvalue weighted by molar-refractivity contribution is -0.137. The van der Waals surface area contributed by atoms with Crippen LogP contribution in [0.3, 0.4) is 0 Å². The smallest absolute Gasteiger partial charge is 0.360 e. The van der Waals surface area contributed by atoms with E-state index in [0.717, 1.165) is 6.07 Å². The van der Waals surface area contributed by atoms with Gasteiger partial charge in [0.15, 0.2) is 0 Å². The number of alkyl halides is 3. The largest absolute Gasteiger partial charge is 0.417 e. The number of hydrogen-bond acceptors (Lipinski definition) is 0. The fourth-order valence-corrected chi connectivity index (χ4v) is 2.04. The maximum Gasteiger partial charge on any atom is 0.417 e. The van der Waals surface area contributed by atoms with E-state index in [0.29, 0.717) is 15.4 Å². The number of benzene rings is 1. The van der Waals surface area contributed by atoms with E-state index in [4.69, 9.17) is 11.6 Å². The van der Waals surface area contributed by atoms with Crippen molar-refractivity contribution in [1.29, 1.82) is 0 Å². The number of aromatic nitrogens is 1. The van der Waals surface area contributed by atoms with Gasteiger partial charge in [-0.05, 0) is 28.1 Å². The zero-order chi connectivity index (χ0) is 11.2. The highest BCUT2D eigenvalue weighted by atomic mass is 79.9. The number of halogens is 5. The summed E-state index contributed by atoms with van der Waals surface area (Å²) in [6.45, 7) is 0. The molecule has 0 aliphatic heterocycles. The van der Waals surface area contributed by atoms with Crippen molar-refractivity contribution < 1.29 is 13.2 Å². The van der Waals surface area contributed by atoms with Gasteiger partial charge in [0, 0.05) is 21.6 Å². The van der Waals surface area contributed by atoms with Crippen LogP contribution in [0.25, 0.3) is 10.9 Å². The molecule has 0 aliphatic carbocycles. The Hall–Kier alpha value is -0.680. The van der Waals surface area contributed by atoms with E-state index in [1.54, 1.807) is 6.20 Å². The first-order valence-electron chi connectivity index (χ1n) is 3.93. The molecule has 6 heteroatoms. The summed E-state index contributed by atoms with van der Waals surface area (Å²) in [6, 6.07) is 2.29. The van der Waals surface area contributed by atoms with Gasteiger partial charge in [0.25, 0.3) is 0 Å². The number of H-pyrrole nitrogens is 1. The lowest BCUT2D eigenvalue weighted by Crippen LogP contribution is -2.05. The Bertz CT molecular complexity index is 518. The lowest BCUT2D eigenvalue weighted by Gasteiger charge is -2.08. The van der Waals surface area contributed by atoms with Gasteiger partial charge in [-0.2, -0.15) is 13.2 Å². The van der Waals surface area contributed by atoms with E-state index in [2.05, 4.69) is 20.9 Å². The first-order chi connectivity index (χ1) is 6.89. The van der Waals surface area contributed by atoms with Crippen molar-refractivity contribution in [2.24, 2.45) is 0 Å². The number of rotatable bonds is 0. The molecule has 0 saturated carbocycles. The fourth-order valence-electron chi connectivity index (χ4n) is 1.33. The molecule has 1 aromatic carbocycles. The molecule has 15 heavy (non-hydrogen) atoms. The molecular weight excluding hydrogens is 294 g/mol. The molecule has 0 radical (unpaired) electrons. The summed E-state index contributed by atoms with van der Waals surface area (Å²) >= 11 is 8.77. The molecule has 0 saturated heterocycles. The maximum atomic E-state index is 12.5. The molecule has 0 unspecified atom stereocenters. The third-order valence-corrected chi connectivity index (χ3v) is 2.99. The normalized spacial score (nSPS) is 12.3. The average molecular weight is 298 g/mol. The molecule has 0 bridgehead atoms. The quantitative estimate of drug-likeness (QED) is 0.731. The van der Waals surface area contributed by atoms with Gasteiger partial charge >= 0.3 is 6.18 Å². The third-order valence-electron chi connectivity index (χ3n) is 2.02. The number of fused-ring (bicyclic) bond motifs is 1. The van der Waals surface area contributed by atoms with Gasteiger partial charge in [-0.3, -0.25) is 0 Å². The third kappa shape index (κ3) is 1.86. The zero-order valence-electron chi connectivity index (χ0n) is 7.12. The van der Waals surface area contributed by atoms with Gasteiger partial charge in [-0.1, -0.05) is 11.6 Å². The highest BCUT2D eigenvalue weighted by molar-refractivity contribution is 9.10. The van der Waals surface area contributed by atoms with Crippen LogP contribution in [0.2, 0.25) is 5.02 Å². The zero-order valence-corrected chi connectivity index (χ0v) is 9.46. The van der Waals surface area contributed by atoms with Crippen LogP contribution in [0, 0.1) is 0 Å². The Labute approximate surface area is 96.4 Å². The molecule has 2 rings (SSSR count). The molecule has 0 fully saturated rings. The summed E-state index contributed by atoms with van der Waals surface area (Å²) in [7, 11) is 0. The van der Waals surface area contributed by atoms with Crippen LogP contribution in [-0.4, -0.2) is 4.98 Å². The van der Waals surface area contributed by atoms with Gasteiger partial charge in [0.05, 0.1) is 10.6 Å². The molecular formula is C9H4BrClF3N. The van der Waals surface area contributed by atoms with E-state index >= 15 is 0 Å². The molecule has 80 valence electrons. The van der Waals surface area contributed by atoms with Crippen molar-refractivity contribution in [2.75, 3.05) is 0 Å². The molecule has 0 aliphatic rings. The molecule has 2 aromatic rings. The van der Waals surface area contributed by atoms with Crippen LogP contribution >= 0.6 is 27.5 Å². The number of hydrogen-bond donors (Lipinski definition) is 1. The second-order valence-electron chi connectivity index (χ2n) is 3.01. The predicted molar refractivity (Wildman–Crippen MR) is 56.0 cm³/mol. The van der Waals surface area contributed by atoms with Gasteiger partial charge in [-0.15, -0.1) is 0 Å².